The smallest absolute Gasteiger partial charge is 0.242 e. The zero-order valence-electron chi connectivity index (χ0n) is 11.1. The van der Waals surface area contributed by atoms with Crippen molar-refractivity contribution < 1.29 is 13.2 Å². The van der Waals surface area contributed by atoms with Gasteiger partial charge in [0.05, 0.1) is 5.69 Å². The van der Waals surface area contributed by atoms with Crippen LogP contribution in [0.1, 0.15) is 18.4 Å². The molecular formula is C13H20N2O3S. The van der Waals surface area contributed by atoms with Crippen molar-refractivity contribution in [2.75, 3.05) is 25.5 Å². The van der Waals surface area contributed by atoms with Crippen LogP contribution in [0.4, 0.5) is 5.69 Å². The van der Waals surface area contributed by atoms with E-state index in [4.69, 9.17) is 10.5 Å². The molecule has 0 unspecified atom stereocenters. The Bertz CT molecular complexity index is 537. The highest BCUT2D eigenvalue weighted by Gasteiger charge is 2.20. The molecule has 0 radical (unpaired) electrons. The maximum atomic E-state index is 12.2. The second kappa shape index (κ2) is 5.90. The molecule has 0 spiro atoms. The van der Waals surface area contributed by atoms with Crippen molar-refractivity contribution >= 4 is 15.7 Å². The van der Waals surface area contributed by atoms with E-state index in [0.29, 0.717) is 31.4 Å². The summed E-state index contributed by atoms with van der Waals surface area (Å²) in [6.45, 7) is 3.74. The molecule has 2 rings (SSSR count). The second-order valence-corrected chi connectivity index (χ2v) is 6.68. The average Bonchev–Trinajstić information content (AvgIpc) is 2.37. The standard InChI is InChI=1S/C13H20N2O3S/c1-10-2-3-13(12(14)8-10)19(16,17)15-9-11-4-6-18-7-5-11/h2-3,8,11,15H,4-7,9,14H2,1H3. The molecule has 1 saturated heterocycles. The highest BCUT2D eigenvalue weighted by Crippen LogP contribution is 2.20. The van der Waals surface area contributed by atoms with Crippen LogP contribution in [-0.4, -0.2) is 28.2 Å². The lowest BCUT2D eigenvalue weighted by Gasteiger charge is -2.22. The molecule has 6 heteroatoms. The van der Waals surface area contributed by atoms with Gasteiger partial charge in [-0.1, -0.05) is 6.07 Å². The number of sulfonamides is 1. The Hall–Kier alpha value is -1.11. The van der Waals surface area contributed by atoms with Gasteiger partial charge in [0.1, 0.15) is 4.90 Å². The monoisotopic (exact) mass is 284 g/mol. The van der Waals surface area contributed by atoms with E-state index in [0.717, 1.165) is 18.4 Å². The van der Waals surface area contributed by atoms with Crippen LogP contribution in [0.5, 0.6) is 0 Å². The van der Waals surface area contributed by atoms with Gasteiger partial charge in [-0.2, -0.15) is 0 Å². The molecule has 1 aliphatic heterocycles. The van der Waals surface area contributed by atoms with E-state index < -0.39 is 10.0 Å². The lowest BCUT2D eigenvalue weighted by Crippen LogP contribution is -2.32. The molecule has 106 valence electrons. The van der Waals surface area contributed by atoms with E-state index >= 15 is 0 Å². The summed E-state index contributed by atoms with van der Waals surface area (Å²) in [7, 11) is -3.52. The third kappa shape index (κ3) is 3.68. The molecule has 0 amide bonds. The van der Waals surface area contributed by atoms with E-state index in [1.165, 1.54) is 0 Å². The Morgan fingerprint density at radius 3 is 2.68 bits per heavy atom. The van der Waals surface area contributed by atoms with Crippen LogP contribution in [0.2, 0.25) is 0 Å². The first kappa shape index (κ1) is 14.3. The molecule has 0 atom stereocenters. The topological polar surface area (TPSA) is 81.4 Å². The molecule has 1 fully saturated rings. The van der Waals surface area contributed by atoms with Gasteiger partial charge in [0.2, 0.25) is 10.0 Å². The van der Waals surface area contributed by atoms with E-state index in [2.05, 4.69) is 4.72 Å². The summed E-state index contributed by atoms with van der Waals surface area (Å²) < 4.78 is 32.3. The highest BCUT2D eigenvalue weighted by molar-refractivity contribution is 7.89. The minimum Gasteiger partial charge on any atom is -0.398 e. The zero-order chi connectivity index (χ0) is 13.9. The second-order valence-electron chi connectivity index (χ2n) is 4.95. The number of nitrogen functional groups attached to an aromatic ring is 1. The Labute approximate surface area is 114 Å². The molecule has 1 aromatic carbocycles. The van der Waals surface area contributed by atoms with E-state index in [-0.39, 0.29) is 4.90 Å². The Morgan fingerprint density at radius 2 is 2.05 bits per heavy atom. The number of ether oxygens (including phenoxy) is 1. The number of hydrogen-bond acceptors (Lipinski definition) is 4. The SMILES string of the molecule is Cc1ccc(S(=O)(=O)NCC2CCOCC2)c(N)c1. The lowest BCUT2D eigenvalue weighted by molar-refractivity contribution is 0.0678. The number of nitrogens with one attached hydrogen (secondary N) is 1. The Morgan fingerprint density at radius 1 is 1.37 bits per heavy atom. The quantitative estimate of drug-likeness (QED) is 0.816. The summed E-state index contributed by atoms with van der Waals surface area (Å²) in [5.41, 5.74) is 7.01. The van der Waals surface area contributed by atoms with Crippen LogP contribution in [0.25, 0.3) is 0 Å². The fourth-order valence-electron chi connectivity index (χ4n) is 2.17. The van der Waals surface area contributed by atoms with Crippen molar-refractivity contribution in [3.8, 4) is 0 Å². The third-order valence-corrected chi connectivity index (χ3v) is 4.86. The van der Waals surface area contributed by atoms with Crippen molar-refractivity contribution in [1.82, 2.24) is 4.72 Å². The van der Waals surface area contributed by atoms with Crippen LogP contribution >= 0.6 is 0 Å². The number of benzene rings is 1. The first-order valence-corrected chi connectivity index (χ1v) is 7.91. The van der Waals surface area contributed by atoms with Gasteiger partial charge in [-0.05, 0) is 43.4 Å². The number of nitrogens with two attached hydrogens (primary N) is 1. The molecule has 1 aromatic rings. The maximum absolute atomic E-state index is 12.2. The molecule has 0 saturated carbocycles. The summed E-state index contributed by atoms with van der Waals surface area (Å²) in [6, 6.07) is 4.97. The van der Waals surface area contributed by atoms with Gasteiger partial charge in [-0.25, -0.2) is 13.1 Å². The highest BCUT2D eigenvalue weighted by atomic mass is 32.2. The normalized spacial score (nSPS) is 17.5. The maximum Gasteiger partial charge on any atom is 0.242 e. The van der Waals surface area contributed by atoms with Gasteiger partial charge in [0, 0.05) is 19.8 Å². The molecule has 1 aliphatic rings. The van der Waals surface area contributed by atoms with Gasteiger partial charge in [0.15, 0.2) is 0 Å². The number of aryl methyl sites for hydroxylation is 1. The fourth-order valence-corrected chi connectivity index (χ4v) is 3.40. The van der Waals surface area contributed by atoms with Crippen molar-refractivity contribution in [2.45, 2.75) is 24.7 Å². The molecular weight excluding hydrogens is 264 g/mol. The number of rotatable bonds is 4. The van der Waals surface area contributed by atoms with Gasteiger partial charge >= 0.3 is 0 Å². The Kier molecular flexibility index (Phi) is 4.44. The number of anilines is 1. The summed E-state index contributed by atoms with van der Waals surface area (Å²) >= 11 is 0. The molecule has 0 aromatic heterocycles. The first-order chi connectivity index (χ1) is 8.99. The van der Waals surface area contributed by atoms with E-state index in [9.17, 15) is 8.42 Å². The lowest BCUT2D eigenvalue weighted by atomic mass is 10.0. The average molecular weight is 284 g/mol. The van der Waals surface area contributed by atoms with Gasteiger partial charge < -0.3 is 10.5 Å². The summed E-state index contributed by atoms with van der Waals surface area (Å²) in [4.78, 5) is 0.158. The van der Waals surface area contributed by atoms with Crippen LogP contribution in [-0.2, 0) is 14.8 Å². The largest absolute Gasteiger partial charge is 0.398 e. The van der Waals surface area contributed by atoms with Crippen LogP contribution in [0.3, 0.4) is 0 Å². The molecule has 5 nitrogen and oxygen atoms in total. The van der Waals surface area contributed by atoms with E-state index in [1.807, 2.05) is 6.92 Å². The molecule has 3 N–H and O–H groups in total. The predicted octanol–water partition coefficient (Wildman–Crippen LogP) is 1.28. The van der Waals surface area contributed by atoms with Gasteiger partial charge in [-0.3, -0.25) is 0 Å². The summed E-state index contributed by atoms with van der Waals surface area (Å²) in [6.07, 6.45) is 1.79. The Balaban J connectivity index is 2.05. The van der Waals surface area contributed by atoms with Crippen LogP contribution in [0.15, 0.2) is 23.1 Å². The van der Waals surface area contributed by atoms with Crippen molar-refractivity contribution in [2.24, 2.45) is 5.92 Å². The minimum absolute atomic E-state index is 0.158. The third-order valence-electron chi connectivity index (χ3n) is 3.36. The zero-order valence-corrected chi connectivity index (χ0v) is 11.9. The molecule has 0 aliphatic carbocycles. The predicted molar refractivity (Wildman–Crippen MR) is 74.3 cm³/mol. The first-order valence-electron chi connectivity index (χ1n) is 6.42. The van der Waals surface area contributed by atoms with Gasteiger partial charge in [0.25, 0.3) is 0 Å². The van der Waals surface area contributed by atoms with Gasteiger partial charge in [-0.15, -0.1) is 0 Å². The molecule has 1 heterocycles. The summed E-state index contributed by atoms with van der Waals surface area (Å²) in [5.74, 6) is 0.343. The van der Waals surface area contributed by atoms with Crippen molar-refractivity contribution in [3.05, 3.63) is 23.8 Å². The fraction of sp³-hybridized carbons (Fsp3) is 0.538. The van der Waals surface area contributed by atoms with Crippen molar-refractivity contribution in [1.29, 1.82) is 0 Å². The minimum atomic E-state index is -3.52. The number of hydrogen-bond donors (Lipinski definition) is 2. The van der Waals surface area contributed by atoms with Crippen LogP contribution in [0, 0.1) is 12.8 Å². The summed E-state index contributed by atoms with van der Waals surface area (Å²) in [5, 5.41) is 0. The molecule has 19 heavy (non-hydrogen) atoms. The molecule has 0 bridgehead atoms. The van der Waals surface area contributed by atoms with Crippen molar-refractivity contribution in [3.63, 3.8) is 0 Å². The van der Waals surface area contributed by atoms with E-state index in [1.54, 1.807) is 18.2 Å². The van der Waals surface area contributed by atoms with Crippen LogP contribution < -0.4 is 10.5 Å².